The normalized spacial score (nSPS) is 20.2. The Hall–Kier alpha value is -2.71. The summed E-state index contributed by atoms with van der Waals surface area (Å²) in [6.07, 6.45) is 6.09. The second-order valence-electron chi connectivity index (χ2n) is 8.35. The Morgan fingerprint density at radius 2 is 2.14 bits per heavy atom. The highest BCUT2D eigenvalue weighted by molar-refractivity contribution is 9.10. The third-order valence-electron chi connectivity index (χ3n) is 5.76. The molecule has 0 aliphatic heterocycles. The molecule has 1 aliphatic carbocycles. The van der Waals surface area contributed by atoms with Crippen molar-refractivity contribution in [1.29, 1.82) is 0 Å². The maximum absolute atomic E-state index is 13.5. The smallest absolute Gasteiger partial charge is 0.333 e. The number of carbonyl (C=O) groups excluding carboxylic acids is 1. The van der Waals surface area contributed by atoms with Gasteiger partial charge in [-0.2, -0.15) is 8.42 Å². The van der Waals surface area contributed by atoms with E-state index in [1.807, 2.05) is 4.57 Å². The van der Waals surface area contributed by atoms with Crippen LogP contribution in [-0.2, 0) is 21.0 Å². The van der Waals surface area contributed by atoms with Gasteiger partial charge in [-0.3, -0.25) is 8.98 Å². The van der Waals surface area contributed by atoms with Crippen LogP contribution in [0.5, 0.6) is 0 Å². The van der Waals surface area contributed by atoms with Crippen LogP contribution >= 0.6 is 15.9 Å². The number of anilines is 1. The van der Waals surface area contributed by atoms with Crippen molar-refractivity contribution in [3.63, 3.8) is 0 Å². The van der Waals surface area contributed by atoms with Crippen molar-refractivity contribution >= 4 is 37.8 Å². The van der Waals surface area contributed by atoms with Crippen molar-refractivity contribution in [3.8, 4) is 0 Å². The average molecular weight is 568 g/mol. The van der Waals surface area contributed by atoms with Crippen LogP contribution in [0, 0.1) is 11.7 Å². The summed E-state index contributed by atoms with van der Waals surface area (Å²) in [5, 5.41) is 18.3. The molecule has 0 saturated heterocycles. The molecule has 1 saturated carbocycles. The predicted molar refractivity (Wildman–Crippen MR) is 128 cm³/mol. The number of aromatic nitrogens is 3. The number of hydrogen-bond donors (Lipinski definition) is 3. The fraction of sp³-hybridized carbons (Fsp3) is 0.318. The number of carbonyl (C=O) groups is 1. The van der Waals surface area contributed by atoms with E-state index in [-0.39, 0.29) is 29.8 Å². The molecule has 3 aromatic rings. The van der Waals surface area contributed by atoms with Gasteiger partial charge in [-0.15, -0.1) is 0 Å². The van der Waals surface area contributed by atoms with Gasteiger partial charge < -0.3 is 15.0 Å². The number of nitrogens with zero attached hydrogens (tertiary/aromatic N) is 3. The lowest BCUT2D eigenvalue weighted by Crippen LogP contribution is -2.24. The minimum atomic E-state index is -4.10. The van der Waals surface area contributed by atoms with Gasteiger partial charge in [0.25, 0.3) is 0 Å². The molecule has 13 heteroatoms. The van der Waals surface area contributed by atoms with Gasteiger partial charge in [-0.25, -0.2) is 19.5 Å². The van der Waals surface area contributed by atoms with Crippen LogP contribution in [0.2, 0.25) is 0 Å². The van der Waals surface area contributed by atoms with E-state index in [0.717, 1.165) is 5.56 Å². The van der Waals surface area contributed by atoms with Crippen LogP contribution in [0.1, 0.15) is 34.3 Å². The predicted octanol–water partition coefficient (Wildman–Crippen LogP) is 2.23. The van der Waals surface area contributed by atoms with Crippen LogP contribution in [-0.4, -0.2) is 52.6 Å². The summed E-state index contributed by atoms with van der Waals surface area (Å²) in [5.74, 6) is -0.767. The van der Waals surface area contributed by atoms with E-state index < -0.39 is 22.3 Å². The van der Waals surface area contributed by atoms with Crippen LogP contribution < -0.4 is 10.5 Å². The highest BCUT2D eigenvalue weighted by Crippen LogP contribution is 2.30. The fourth-order valence-corrected chi connectivity index (χ4v) is 4.85. The van der Waals surface area contributed by atoms with E-state index in [2.05, 4.69) is 35.4 Å². The number of nitrogens with one attached hydrogen (secondary N) is 1. The lowest BCUT2D eigenvalue weighted by atomic mass is 10.1. The minimum Gasteiger partial charge on any atom is -0.393 e. The first kappa shape index (κ1) is 25.4. The molecule has 0 radical (unpaired) electrons. The van der Waals surface area contributed by atoms with Gasteiger partial charge >= 0.3 is 10.3 Å². The second-order valence-corrected chi connectivity index (χ2v) is 10.4. The van der Waals surface area contributed by atoms with Crippen molar-refractivity contribution < 1.29 is 26.9 Å². The SMILES string of the molecule is NS(=O)(=O)OC[C@H]1C[C@@H](Nc2ncncc2C(=O)c2ccn(Cc3ccc(F)c(Br)c3)c2)CC1O. The Balaban J connectivity index is 1.44. The van der Waals surface area contributed by atoms with Crippen LogP contribution in [0.3, 0.4) is 0 Å². The second kappa shape index (κ2) is 10.5. The molecule has 0 amide bonds. The molecule has 0 bridgehead atoms. The Labute approximate surface area is 209 Å². The van der Waals surface area contributed by atoms with Gasteiger partial charge in [0.05, 0.1) is 22.7 Å². The molecule has 186 valence electrons. The highest BCUT2D eigenvalue weighted by atomic mass is 79.9. The summed E-state index contributed by atoms with van der Waals surface area (Å²) in [5.41, 5.74) is 1.54. The van der Waals surface area contributed by atoms with E-state index >= 15 is 0 Å². The van der Waals surface area contributed by atoms with Crippen molar-refractivity contribution in [2.24, 2.45) is 11.1 Å². The molecule has 4 N–H and O–H groups in total. The standard InChI is InChI=1S/C22H23BrFN5O5S/c23-18-5-13(1-2-19(18)24)9-29-4-3-14(10-29)21(31)17-8-26-12-27-22(17)28-16-6-15(20(30)7-16)11-34-35(25,32)33/h1-5,8,10,12,15-16,20,30H,6-7,9,11H2,(H2,25,32,33)(H,26,27,28)/t15-,16-,20?/m1/s1. The number of aliphatic hydroxyl groups excluding tert-OH is 1. The number of halogens is 2. The number of nitrogens with two attached hydrogens (primary N) is 1. The Morgan fingerprint density at radius 3 is 2.89 bits per heavy atom. The molecule has 1 fully saturated rings. The monoisotopic (exact) mass is 567 g/mol. The topological polar surface area (TPSA) is 149 Å². The molecule has 0 spiro atoms. The van der Waals surface area contributed by atoms with Crippen LogP contribution in [0.15, 0.2) is 53.7 Å². The van der Waals surface area contributed by atoms with Gasteiger partial charge in [-0.1, -0.05) is 6.07 Å². The molecular formula is C22H23BrFN5O5S. The van der Waals surface area contributed by atoms with Gasteiger partial charge in [0.1, 0.15) is 18.0 Å². The number of ketones is 1. The third kappa shape index (κ3) is 6.49. The summed E-state index contributed by atoms with van der Waals surface area (Å²) in [4.78, 5) is 21.4. The Kier molecular flexibility index (Phi) is 7.62. The molecule has 1 aromatic carbocycles. The molecule has 2 heterocycles. The maximum Gasteiger partial charge on any atom is 0.333 e. The van der Waals surface area contributed by atoms with E-state index in [1.54, 1.807) is 30.6 Å². The number of aliphatic hydroxyl groups is 1. The number of hydrogen-bond acceptors (Lipinski definition) is 8. The maximum atomic E-state index is 13.5. The highest BCUT2D eigenvalue weighted by Gasteiger charge is 2.34. The van der Waals surface area contributed by atoms with Gasteiger partial charge in [0.2, 0.25) is 0 Å². The first-order valence-corrected chi connectivity index (χ1v) is 12.9. The van der Waals surface area contributed by atoms with Crippen molar-refractivity contribution in [1.82, 2.24) is 14.5 Å². The molecule has 4 rings (SSSR count). The Bertz CT molecular complexity index is 1340. The van der Waals surface area contributed by atoms with Crippen LogP contribution in [0.4, 0.5) is 10.2 Å². The zero-order valence-electron chi connectivity index (χ0n) is 18.3. The van der Waals surface area contributed by atoms with Crippen LogP contribution in [0.25, 0.3) is 0 Å². The summed E-state index contributed by atoms with van der Waals surface area (Å²) < 4.78 is 42.4. The third-order valence-corrected chi connectivity index (χ3v) is 6.84. The lowest BCUT2D eigenvalue weighted by molar-refractivity contribution is 0.101. The number of benzene rings is 1. The number of rotatable bonds is 9. The fourth-order valence-electron chi connectivity index (χ4n) is 4.06. The molecule has 1 aliphatic rings. The van der Waals surface area contributed by atoms with Gasteiger partial charge in [-0.05, 0) is 52.5 Å². The zero-order chi connectivity index (χ0) is 25.2. The molecule has 3 atom stereocenters. The first-order valence-electron chi connectivity index (χ1n) is 10.6. The summed E-state index contributed by atoms with van der Waals surface area (Å²) >= 11 is 3.17. The first-order chi connectivity index (χ1) is 16.6. The molecule has 10 nitrogen and oxygen atoms in total. The van der Waals surface area contributed by atoms with E-state index in [4.69, 9.17) is 5.14 Å². The van der Waals surface area contributed by atoms with Gasteiger partial charge in [0.15, 0.2) is 5.78 Å². The van der Waals surface area contributed by atoms with Crippen molar-refractivity contribution in [3.05, 3.63) is 76.2 Å². The van der Waals surface area contributed by atoms with E-state index in [9.17, 15) is 22.7 Å². The summed E-state index contributed by atoms with van der Waals surface area (Å²) in [6.45, 7) is 0.219. The molecule has 1 unspecified atom stereocenters. The molecular weight excluding hydrogens is 545 g/mol. The quantitative estimate of drug-likeness (QED) is 0.333. The molecule has 2 aromatic heterocycles. The van der Waals surface area contributed by atoms with E-state index in [1.165, 1.54) is 18.6 Å². The molecule has 35 heavy (non-hydrogen) atoms. The zero-order valence-corrected chi connectivity index (χ0v) is 20.7. The summed E-state index contributed by atoms with van der Waals surface area (Å²) in [7, 11) is -4.10. The van der Waals surface area contributed by atoms with Gasteiger partial charge in [0, 0.05) is 42.7 Å². The van der Waals surface area contributed by atoms with Crippen molar-refractivity contribution in [2.75, 3.05) is 11.9 Å². The lowest BCUT2D eigenvalue weighted by Gasteiger charge is -2.15. The van der Waals surface area contributed by atoms with E-state index in [0.29, 0.717) is 35.2 Å². The summed E-state index contributed by atoms with van der Waals surface area (Å²) in [6, 6.07) is 6.15. The Morgan fingerprint density at radius 1 is 1.34 bits per heavy atom. The van der Waals surface area contributed by atoms with Crippen molar-refractivity contribution in [2.45, 2.75) is 31.5 Å². The average Bonchev–Trinajstić information content (AvgIpc) is 3.40. The largest absolute Gasteiger partial charge is 0.393 e. The minimum absolute atomic E-state index is 0.230.